The van der Waals surface area contributed by atoms with Gasteiger partial charge in [0.15, 0.2) is 5.96 Å². The summed E-state index contributed by atoms with van der Waals surface area (Å²) in [4.78, 5) is 6.69. The quantitative estimate of drug-likeness (QED) is 0.573. The molecule has 2 N–H and O–H groups in total. The summed E-state index contributed by atoms with van der Waals surface area (Å²) in [7, 11) is 1.77. The fourth-order valence-electron chi connectivity index (χ4n) is 3.14. The topological polar surface area (TPSA) is 39.7 Å². The van der Waals surface area contributed by atoms with Crippen LogP contribution in [0.2, 0.25) is 0 Å². The standard InChI is InChI=1S/C20H24BrFN4/c1-23-20(24-12-15-2-6-18(22)7-3-15)25-13-16-10-11-26(14-16)19-8-4-17(21)5-9-19/h2-9,16H,10-14H2,1H3,(H2,23,24,25). The lowest BCUT2D eigenvalue weighted by molar-refractivity contribution is 0.565. The van der Waals surface area contributed by atoms with Gasteiger partial charge >= 0.3 is 0 Å². The number of anilines is 1. The van der Waals surface area contributed by atoms with Crippen molar-refractivity contribution in [1.82, 2.24) is 10.6 Å². The third-order valence-electron chi connectivity index (χ3n) is 4.63. The first-order valence-electron chi connectivity index (χ1n) is 8.83. The predicted octanol–water partition coefficient (Wildman–Crippen LogP) is 3.78. The third-order valence-corrected chi connectivity index (χ3v) is 5.16. The van der Waals surface area contributed by atoms with Crippen LogP contribution in [-0.4, -0.2) is 32.6 Å². The van der Waals surface area contributed by atoms with Crippen LogP contribution in [0.4, 0.5) is 10.1 Å². The van der Waals surface area contributed by atoms with E-state index in [1.807, 2.05) is 0 Å². The predicted molar refractivity (Wildman–Crippen MR) is 109 cm³/mol. The van der Waals surface area contributed by atoms with E-state index >= 15 is 0 Å². The van der Waals surface area contributed by atoms with Gasteiger partial charge in [-0.05, 0) is 54.3 Å². The van der Waals surface area contributed by atoms with Gasteiger partial charge in [-0.2, -0.15) is 0 Å². The zero-order chi connectivity index (χ0) is 18.4. The first-order chi connectivity index (χ1) is 12.6. The molecule has 0 spiro atoms. The van der Waals surface area contributed by atoms with E-state index in [0.717, 1.165) is 42.1 Å². The molecule has 1 aliphatic rings. The van der Waals surface area contributed by atoms with Gasteiger partial charge in [0.1, 0.15) is 5.82 Å². The molecule has 1 atom stereocenters. The Bertz CT molecular complexity index is 730. The molecule has 1 unspecified atom stereocenters. The van der Waals surface area contributed by atoms with Crippen LogP contribution in [0, 0.1) is 11.7 Å². The van der Waals surface area contributed by atoms with Crippen LogP contribution in [0.3, 0.4) is 0 Å². The molecule has 2 aromatic carbocycles. The second-order valence-corrected chi connectivity index (χ2v) is 7.43. The van der Waals surface area contributed by atoms with E-state index in [0.29, 0.717) is 12.5 Å². The van der Waals surface area contributed by atoms with Gasteiger partial charge in [-0.15, -0.1) is 0 Å². The highest BCUT2D eigenvalue weighted by molar-refractivity contribution is 9.10. The van der Waals surface area contributed by atoms with Crippen LogP contribution in [-0.2, 0) is 6.54 Å². The number of hydrogen-bond acceptors (Lipinski definition) is 2. The normalized spacial score (nSPS) is 17.4. The van der Waals surface area contributed by atoms with Gasteiger partial charge < -0.3 is 15.5 Å². The van der Waals surface area contributed by atoms with Crippen molar-refractivity contribution in [3.8, 4) is 0 Å². The Balaban J connectivity index is 1.44. The molecule has 3 rings (SSSR count). The highest BCUT2D eigenvalue weighted by Crippen LogP contribution is 2.24. The van der Waals surface area contributed by atoms with Crippen LogP contribution in [0.5, 0.6) is 0 Å². The van der Waals surface area contributed by atoms with Crippen LogP contribution in [0.15, 0.2) is 58.0 Å². The van der Waals surface area contributed by atoms with Gasteiger partial charge in [0, 0.05) is 43.4 Å². The Kier molecular flexibility index (Phi) is 6.50. The SMILES string of the molecule is CN=C(NCc1ccc(F)cc1)NCC1CCN(c2ccc(Br)cc2)C1. The summed E-state index contributed by atoms with van der Waals surface area (Å²) in [6.07, 6.45) is 1.16. The van der Waals surface area contributed by atoms with Crippen LogP contribution >= 0.6 is 15.9 Å². The number of rotatable bonds is 5. The maximum absolute atomic E-state index is 13.0. The Hall–Kier alpha value is -2.08. The average molecular weight is 419 g/mol. The Morgan fingerprint density at radius 2 is 1.88 bits per heavy atom. The lowest BCUT2D eigenvalue weighted by Gasteiger charge is -2.19. The number of guanidine groups is 1. The highest BCUT2D eigenvalue weighted by Gasteiger charge is 2.22. The number of nitrogens with zero attached hydrogens (tertiary/aromatic N) is 2. The van der Waals surface area contributed by atoms with Gasteiger partial charge in [0.25, 0.3) is 0 Å². The van der Waals surface area contributed by atoms with E-state index in [1.165, 1.54) is 17.8 Å². The van der Waals surface area contributed by atoms with Crippen molar-refractivity contribution in [2.75, 3.05) is 31.6 Å². The molecule has 0 amide bonds. The molecule has 138 valence electrons. The van der Waals surface area contributed by atoms with Crippen molar-refractivity contribution < 1.29 is 4.39 Å². The van der Waals surface area contributed by atoms with Gasteiger partial charge in [-0.3, -0.25) is 4.99 Å². The van der Waals surface area contributed by atoms with E-state index in [1.54, 1.807) is 19.2 Å². The zero-order valence-electron chi connectivity index (χ0n) is 14.9. The largest absolute Gasteiger partial charge is 0.371 e. The lowest BCUT2D eigenvalue weighted by atomic mass is 10.1. The summed E-state index contributed by atoms with van der Waals surface area (Å²) in [5.74, 6) is 1.15. The van der Waals surface area contributed by atoms with Crippen molar-refractivity contribution in [2.24, 2.45) is 10.9 Å². The molecule has 6 heteroatoms. The fourth-order valence-corrected chi connectivity index (χ4v) is 3.40. The molecule has 0 aromatic heterocycles. The maximum Gasteiger partial charge on any atom is 0.191 e. The van der Waals surface area contributed by atoms with Crippen molar-refractivity contribution in [3.63, 3.8) is 0 Å². The van der Waals surface area contributed by atoms with E-state index in [4.69, 9.17) is 0 Å². The van der Waals surface area contributed by atoms with Crippen molar-refractivity contribution >= 4 is 27.6 Å². The third kappa shape index (κ3) is 5.21. The molecule has 1 aliphatic heterocycles. The molecule has 2 aromatic rings. The Morgan fingerprint density at radius 3 is 2.58 bits per heavy atom. The average Bonchev–Trinajstić information content (AvgIpc) is 3.13. The molecule has 1 saturated heterocycles. The molecule has 1 fully saturated rings. The second-order valence-electron chi connectivity index (χ2n) is 6.51. The van der Waals surface area contributed by atoms with Gasteiger partial charge in [0.2, 0.25) is 0 Å². The molecule has 0 aliphatic carbocycles. The summed E-state index contributed by atoms with van der Waals surface area (Å²) < 4.78 is 14.1. The molecule has 4 nitrogen and oxygen atoms in total. The summed E-state index contributed by atoms with van der Waals surface area (Å²) in [5.41, 5.74) is 2.30. The lowest BCUT2D eigenvalue weighted by Crippen LogP contribution is -2.39. The number of nitrogens with one attached hydrogen (secondary N) is 2. The summed E-state index contributed by atoms with van der Waals surface area (Å²) in [5, 5.41) is 6.68. The van der Waals surface area contributed by atoms with Crippen LogP contribution < -0.4 is 15.5 Å². The van der Waals surface area contributed by atoms with Crippen molar-refractivity contribution in [2.45, 2.75) is 13.0 Å². The molecule has 0 radical (unpaired) electrons. The first kappa shape index (κ1) is 18.7. The highest BCUT2D eigenvalue weighted by atomic mass is 79.9. The summed E-state index contributed by atoms with van der Waals surface area (Å²) in [6, 6.07) is 15.0. The van der Waals surface area contributed by atoms with Crippen molar-refractivity contribution in [3.05, 3.63) is 64.4 Å². The maximum atomic E-state index is 13.0. The van der Waals surface area contributed by atoms with E-state index in [-0.39, 0.29) is 5.82 Å². The first-order valence-corrected chi connectivity index (χ1v) is 9.63. The number of halogens is 2. The zero-order valence-corrected chi connectivity index (χ0v) is 16.5. The minimum absolute atomic E-state index is 0.215. The van der Waals surface area contributed by atoms with E-state index < -0.39 is 0 Å². The fraction of sp³-hybridized carbons (Fsp3) is 0.350. The number of benzene rings is 2. The van der Waals surface area contributed by atoms with Crippen molar-refractivity contribution in [1.29, 1.82) is 0 Å². The molecular formula is C20H24BrFN4. The smallest absolute Gasteiger partial charge is 0.191 e. The number of hydrogen-bond donors (Lipinski definition) is 2. The molecule has 26 heavy (non-hydrogen) atoms. The molecule has 1 heterocycles. The summed E-state index contributed by atoms with van der Waals surface area (Å²) >= 11 is 3.48. The molecule has 0 saturated carbocycles. The van der Waals surface area contributed by atoms with Gasteiger partial charge in [-0.25, -0.2) is 4.39 Å². The van der Waals surface area contributed by atoms with E-state index in [9.17, 15) is 4.39 Å². The Labute approximate surface area is 162 Å². The minimum Gasteiger partial charge on any atom is -0.371 e. The van der Waals surface area contributed by atoms with Crippen LogP contribution in [0.1, 0.15) is 12.0 Å². The minimum atomic E-state index is -0.215. The monoisotopic (exact) mass is 418 g/mol. The molecular weight excluding hydrogens is 395 g/mol. The van der Waals surface area contributed by atoms with Gasteiger partial charge in [0.05, 0.1) is 0 Å². The van der Waals surface area contributed by atoms with E-state index in [2.05, 4.69) is 60.7 Å². The van der Waals surface area contributed by atoms with Crippen LogP contribution in [0.25, 0.3) is 0 Å². The second kappa shape index (κ2) is 9.03. The number of aliphatic imine (C=N–C) groups is 1. The Morgan fingerprint density at radius 1 is 1.15 bits per heavy atom. The molecule has 0 bridgehead atoms. The van der Waals surface area contributed by atoms with Gasteiger partial charge in [-0.1, -0.05) is 28.1 Å². The summed E-state index contributed by atoms with van der Waals surface area (Å²) in [6.45, 7) is 3.63.